The topological polar surface area (TPSA) is 117 Å². The van der Waals surface area contributed by atoms with E-state index in [9.17, 15) is 15.0 Å². The van der Waals surface area contributed by atoms with Crippen molar-refractivity contribution >= 4 is 11.8 Å². The molecule has 6 heteroatoms. The van der Waals surface area contributed by atoms with Gasteiger partial charge in [-0.3, -0.25) is 4.79 Å². The third kappa shape index (κ3) is 3.18. The Balaban J connectivity index is 2.86. The normalized spacial score (nSPS) is 14.4. The first-order chi connectivity index (χ1) is 7.40. The number of aliphatic carboxylic acids is 1. The zero-order valence-electron chi connectivity index (χ0n) is 8.79. The minimum absolute atomic E-state index is 0.172. The maximum absolute atomic E-state index is 10.4. The first-order valence-corrected chi connectivity index (χ1v) is 4.72. The van der Waals surface area contributed by atoms with Gasteiger partial charge in [0.1, 0.15) is 11.9 Å². The molecule has 0 bridgehead atoms. The van der Waals surface area contributed by atoms with Gasteiger partial charge in [0.05, 0.1) is 18.2 Å². The molecule has 0 aliphatic heterocycles. The molecule has 5 N–H and O–H groups in total. The van der Waals surface area contributed by atoms with E-state index in [1.807, 2.05) is 0 Å². The Morgan fingerprint density at radius 2 is 2.12 bits per heavy atom. The average molecular weight is 226 g/mol. The highest BCUT2D eigenvalue weighted by molar-refractivity contribution is 5.67. The second-order valence-corrected chi connectivity index (χ2v) is 3.60. The van der Waals surface area contributed by atoms with E-state index in [1.54, 1.807) is 19.1 Å². The number of aromatic nitrogens is 1. The second kappa shape index (κ2) is 4.91. The second-order valence-electron chi connectivity index (χ2n) is 3.60. The van der Waals surface area contributed by atoms with E-state index < -0.39 is 24.6 Å². The Bertz CT molecular complexity index is 374. The van der Waals surface area contributed by atoms with Crippen molar-refractivity contribution in [3.63, 3.8) is 0 Å². The molecule has 0 fully saturated rings. The number of nitrogen functional groups attached to an aromatic ring is 1. The molecule has 2 unspecified atom stereocenters. The van der Waals surface area contributed by atoms with E-state index >= 15 is 0 Å². The predicted molar refractivity (Wildman–Crippen MR) is 56.6 cm³/mol. The third-order valence-electron chi connectivity index (χ3n) is 2.06. The van der Waals surface area contributed by atoms with Crippen LogP contribution in [-0.2, 0) is 4.79 Å². The summed E-state index contributed by atoms with van der Waals surface area (Å²) in [5.74, 6) is -0.969. The van der Waals surface area contributed by atoms with Crippen LogP contribution in [0.25, 0.3) is 0 Å². The van der Waals surface area contributed by atoms with E-state index in [0.29, 0.717) is 0 Å². The SMILES string of the molecule is Cc1cc(N)nc(C(O)C(O)CC(=O)O)c1. The largest absolute Gasteiger partial charge is 0.481 e. The molecule has 1 heterocycles. The van der Waals surface area contributed by atoms with Crippen LogP contribution in [0.3, 0.4) is 0 Å². The summed E-state index contributed by atoms with van der Waals surface area (Å²) < 4.78 is 0. The lowest BCUT2D eigenvalue weighted by Gasteiger charge is -2.16. The van der Waals surface area contributed by atoms with Gasteiger partial charge < -0.3 is 21.1 Å². The molecular formula is C10H14N2O4. The van der Waals surface area contributed by atoms with E-state index in [-0.39, 0.29) is 11.5 Å². The highest BCUT2D eigenvalue weighted by Crippen LogP contribution is 2.19. The van der Waals surface area contributed by atoms with Crippen molar-refractivity contribution in [2.75, 3.05) is 5.73 Å². The van der Waals surface area contributed by atoms with Gasteiger partial charge in [-0.2, -0.15) is 0 Å². The van der Waals surface area contributed by atoms with Gasteiger partial charge in [-0.25, -0.2) is 4.98 Å². The van der Waals surface area contributed by atoms with Crippen molar-refractivity contribution in [1.29, 1.82) is 0 Å². The molecule has 16 heavy (non-hydrogen) atoms. The van der Waals surface area contributed by atoms with Crippen molar-refractivity contribution in [1.82, 2.24) is 4.98 Å². The van der Waals surface area contributed by atoms with Gasteiger partial charge in [0.2, 0.25) is 0 Å². The zero-order valence-corrected chi connectivity index (χ0v) is 8.79. The number of rotatable bonds is 4. The van der Waals surface area contributed by atoms with Crippen LogP contribution in [0.5, 0.6) is 0 Å². The summed E-state index contributed by atoms with van der Waals surface area (Å²) in [6.07, 6.45) is -3.29. The van der Waals surface area contributed by atoms with E-state index in [0.717, 1.165) is 5.56 Å². The summed E-state index contributed by atoms with van der Waals surface area (Å²) in [5.41, 5.74) is 6.43. The fraction of sp³-hybridized carbons (Fsp3) is 0.400. The molecular weight excluding hydrogens is 212 g/mol. The molecule has 6 nitrogen and oxygen atoms in total. The fourth-order valence-corrected chi connectivity index (χ4v) is 1.36. The molecule has 1 aromatic heterocycles. The molecule has 0 aliphatic carbocycles. The first-order valence-electron chi connectivity index (χ1n) is 4.72. The van der Waals surface area contributed by atoms with Gasteiger partial charge in [0, 0.05) is 0 Å². The first kappa shape index (κ1) is 12.4. The summed E-state index contributed by atoms with van der Waals surface area (Å²) in [6.45, 7) is 1.76. The summed E-state index contributed by atoms with van der Waals surface area (Å²) >= 11 is 0. The van der Waals surface area contributed by atoms with Gasteiger partial charge in [-0.05, 0) is 24.6 Å². The predicted octanol–water partition coefficient (Wildman–Crippen LogP) is -0.159. The number of carboxylic acid groups (broad SMARTS) is 1. The summed E-state index contributed by atoms with van der Waals surface area (Å²) in [7, 11) is 0. The van der Waals surface area contributed by atoms with Crippen LogP contribution in [0.4, 0.5) is 5.82 Å². The number of nitrogens with two attached hydrogens (primary N) is 1. The fourth-order valence-electron chi connectivity index (χ4n) is 1.36. The number of aliphatic hydroxyl groups is 2. The van der Waals surface area contributed by atoms with Gasteiger partial charge in [-0.15, -0.1) is 0 Å². The molecule has 0 aromatic carbocycles. The standard InChI is InChI=1S/C10H14N2O4/c1-5-2-6(12-8(11)3-5)10(16)7(13)4-9(14)15/h2-3,7,10,13,16H,4H2,1H3,(H2,11,12)(H,14,15). The Kier molecular flexibility index (Phi) is 3.81. The van der Waals surface area contributed by atoms with Crippen molar-refractivity contribution in [3.05, 3.63) is 23.4 Å². The lowest BCUT2D eigenvalue weighted by Crippen LogP contribution is -2.22. The minimum Gasteiger partial charge on any atom is -0.481 e. The number of aliphatic hydroxyl groups excluding tert-OH is 2. The smallest absolute Gasteiger partial charge is 0.306 e. The maximum atomic E-state index is 10.4. The molecule has 0 radical (unpaired) electrons. The van der Waals surface area contributed by atoms with E-state index in [1.165, 1.54) is 0 Å². The van der Waals surface area contributed by atoms with Crippen molar-refractivity contribution in [3.8, 4) is 0 Å². The van der Waals surface area contributed by atoms with Crippen LogP contribution in [0.2, 0.25) is 0 Å². The lowest BCUT2D eigenvalue weighted by atomic mass is 10.1. The summed E-state index contributed by atoms with van der Waals surface area (Å²) in [4.78, 5) is 14.2. The molecule has 0 amide bonds. The van der Waals surface area contributed by atoms with Gasteiger partial charge >= 0.3 is 5.97 Å². The van der Waals surface area contributed by atoms with Crippen molar-refractivity contribution < 1.29 is 20.1 Å². The maximum Gasteiger partial charge on any atom is 0.306 e. The molecule has 2 atom stereocenters. The number of pyridine rings is 1. The van der Waals surface area contributed by atoms with E-state index in [4.69, 9.17) is 10.8 Å². The van der Waals surface area contributed by atoms with Crippen LogP contribution in [0, 0.1) is 6.92 Å². The number of hydrogen-bond acceptors (Lipinski definition) is 5. The molecule has 0 saturated heterocycles. The molecule has 0 aliphatic rings. The number of carbonyl (C=O) groups is 1. The Morgan fingerprint density at radius 3 is 2.62 bits per heavy atom. The van der Waals surface area contributed by atoms with Crippen LogP contribution >= 0.6 is 0 Å². The molecule has 1 rings (SSSR count). The monoisotopic (exact) mass is 226 g/mol. The van der Waals surface area contributed by atoms with Gasteiger partial charge in [-0.1, -0.05) is 0 Å². The molecule has 0 spiro atoms. The highest BCUT2D eigenvalue weighted by Gasteiger charge is 2.22. The minimum atomic E-state index is -1.40. The number of nitrogens with zero attached hydrogens (tertiary/aromatic N) is 1. The molecule has 1 aromatic rings. The number of anilines is 1. The average Bonchev–Trinajstić information content (AvgIpc) is 2.13. The number of carboxylic acids is 1. The van der Waals surface area contributed by atoms with Crippen molar-refractivity contribution in [2.24, 2.45) is 0 Å². The van der Waals surface area contributed by atoms with Gasteiger partial charge in [0.15, 0.2) is 0 Å². The number of aryl methyl sites for hydroxylation is 1. The summed E-state index contributed by atoms with van der Waals surface area (Å²) in [5, 5.41) is 27.5. The lowest BCUT2D eigenvalue weighted by molar-refractivity contribution is -0.141. The quantitative estimate of drug-likeness (QED) is 0.567. The summed E-state index contributed by atoms with van der Waals surface area (Å²) in [6, 6.07) is 3.16. The Morgan fingerprint density at radius 1 is 1.50 bits per heavy atom. The zero-order chi connectivity index (χ0) is 12.3. The molecule has 88 valence electrons. The van der Waals surface area contributed by atoms with E-state index in [2.05, 4.69) is 4.98 Å². The van der Waals surface area contributed by atoms with Crippen molar-refractivity contribution in [2.45, 2.75) is 25.6 Å². The number of hydrogen-bond donors (Lipinski definition) is 4. The van der Waals surface area contributed by atoms with Gasteiger partial charge in [0.25, 0.3) is 0 Å². The van der Waals surface area contributed by atoms with Crippen LogP contribution < -0.4 is 5.73 Å². The van der Waals surface area contributed by atoms with Crippen LogP contribution in [0.1, 0.15) is 23.8 Å². The highest BCUT2D eigenvalue weighted by atomic mass is 16.4. The van der Waals surface area contributed by atoms with Crippen LogP contribution in [-0.4, -0.2) is 32.4 Å². The Hall–Kier alpha value is -1.66. The van der Waals surface area contributed by atoms with Crippen LogP contribution in [0.15, 0.2) is 12.1 Å². The third-order valence-corrected chi connectivity index (χ3v) is 2.06. The molecule has 0 saturated carbocycles. The Labute approximate surface area is 92.4 Å².